The van der Waals surface area contributed by atoms with Crippen LogP contribution in [0.2, 0.25) is 5.02 Å². The topological polar surface area (TPSA) is 55.9 Å². The molecular weight excluding hydrogens is 328 g/mol. The lowest BCUT2D eigenvalue weighted by atomic mass is 10.2. The van der Waals surface area contributed by atoms with Gasteiger partial charge in [0.25, 0.3) is 0 Å². The molecule has 0 aliphatic carbocycles. The fourth-order valence-corrected chi connectivity index (χ4v) is 2.80. The summed E-state index contributed by atoms with van der Waals surface area (Å²) in [5, 5.41) is 3.48. The van der Waals surface area contributed by atoms with Gasteiger partial charge < -0.3 is 20.0 Å². The number of anilines is 1. The molecule has 1 aromatic carbocycles. The largest absolute Gasteiger partial charge is 0.368 e. The van der Waals surface area contributed by atoms with Gasteiger partial charge in [0, 0.05) is 50.0 Å². The third-order valence-electron chi connectivity index (χ3n) is 4.00. The summed E-state index contributed by atoms with van der Waals surface area (Å²) in [5.41, 5.74) is 1.07. The molecular formula is C17H25ClN4O2. The van der Waals surface area contributed by atoms with Crippen LogP contribution in [0.1, 0.15) is 6.42 Å². The van der Waals surface area contributed by atoms with Crippen LogP contribution in [0.25, 0.3) is 0 Å². The Kier molecular flexibility index (Phi) is 6.87. The summed E-state index contributed by atoms with van der Waals surface area (Å²) in [5.74, 6) is -0.317. The van der Waals surface area contributed by atoms with Crippen molar-refractivity contribution in [2.45, 2.75) is 6.42 Å². The van der Waals surface area contributed by atoms with E-state index in [1.54, 1.807) is 4.90 Å². The molecule has 24 heavy (non-hydrogen) atoms. The zero-order chi connectivity index (χ0) is 17.5. The summed E-state index contributed by atoms with van der Waals surface area (Å²) in [6.45, 7) is 4.05. The van der Waals surface area contributed by atoms with E-state index in [4.69, 9.17) is 11.6 Å². The van der Waals surface area contributed by atoms with Gasteiger partial charge in [-0.1, -0.05) is 17.7 Å². The minimum atomic E-state index is -0.209. The number of amides is 2. The van der Waals surface area contributed by atoms with Gasteiger partial charge in [0.05, 0.1) is 0 Å². The maximum absolute atomic E-state index is 12.2. The maximum atomic E-state index is 12.2. The number of piperazine rings is 1. The van der Waals surface area contributed by atoms with Gasteiger partial charge >= 0.3 is 0 Å². The molecule has 0 atom stereocenters. The number of carbonyl (C=O) groups excluding carboxylic acids is 2. The molecule has 1 aliphatic rings. The molecule has 0 radical (unpaired) electrons. The van der Waals surface area contributed by atoms with Crippen molar-refractivity contribution >= 4 is 29.1 Å². The Balaban J connectivity index is 1.75. The molecule has 0 saturated carbocycles. The zero-order valence-corrected chi connectivity index (χ0v) is 15.1. The Morgan fingerprint density at radius 2 is 1.92 bits per heavy atom. The summed E-state index contributed by atoms with van der Waals surface area (Å²) in [7, 11) is 3.88. The Hall–Kier alpha value is -1.79. The summed E-state index contributed by atoms with van der Waals surface area (Å²) in [4.78, 5) is 30.0. The van der Waals surface area contributed by atoms with Crippen molar-refractivity contribution in [3.05, 3.63) is 29.3 Å². The van der Waals surface area contributed by atoms with Crippen molar-refractivity contribution in [1.29, 1.82) is 0 Å². The number of rotatable bonds is 6. The van der Waals surface area contributed by atoms with Crippen LogP contribution in [-0.4, -0.2) is 75.0 Å². The van der Waals surface area contributed by atoms with Gasteiger partial charge in [-0.25, -0.2) is 0 Å². The van der Waals surface area contributed by atoms with Crippen LogP contribution >= 0.6 is 11.6 Å². The highest BCUT2D eigenvalue weighted by Crippen LogP contribution is 2.20. The molecule has 1 N–H and O–H groups in total. The van der Waals surface area contributed by atoms with Crippen molar-refractivity contribution in [3.63, 3.8) is 0 Å². The van der Waals surface area contributed by atoms with E-state index in [9.17, 15) is 9.59 Å². The van der Waals surface area contributed by atoms with Crippen LogP contribution in [0.4, 0.5) is 5.69 Å². The van der Waals surface area contributed by atoms with E-state index >= 15 is 0 Å². The molecule has 1 aromatic rings. The Labute approximate surface area is 148 Å². The molecule has 0 bridgehead atoms. The molecule has 7 heteroatoms. The zero-order valence-electron chi connectivity index (χ0n) is 14.3. The molecule has 1 aliphatic heterocycles. The van der Waals surface area contributed by atoms with Crippen LogP contribution in [0.15, 0.2) is 24.3 Å². The summed E-state index contributed by atoms with van der Waals surface area (Å²) in [6, 6.07) is 7.71. The molecule has 1 fully saturated rings. The lowest BCUT2D eigenvalue weighted by Gasteiger charge is -2.36. The standard InChI is InChI=1S/C17H25ClN4O2/c1-20(2)7-6-19-16(23)13-17(24)22-10-8-21(9-11-22)15-5-3-4-14(18)12-15/h3-5,12H,6-11,13H2,1-2H3,(H,19,23). The second-order valence-electron chi connectivity index (χ2n) is 6.18. The van der Waals surface area contributed by atoms with Gasteiger partial charge in [-0.2, -0.15) is 0 Å². The van der Waals surface area contributed by atoms with E-state index in [2.05, 4.69) is 10.2 Å². The van der Waals surface area contributed by atoms with Crippen molar-refractivity contribution in [1.82, 2.24) is 15.1 Å². The van der Waals surface area contributed by atoms with E-state index in [1.807, 2.05) is 43.3 Å². The van der Waals surface area contributed by atoms with E-state index < -0.39 is 0 Å². The first kappa shape index (κ1) is 18.5. The molecule has 2 rings (SSSR count). The molecule has 1 saturated heterocycles. The average Bonchev–Trinajstić information content (AvgIpc) is 2.54. The van der Waals surface area contributed by atoms with Gasteiger partial charge in [-0.3, -0.25) is 9.59 Å². The van der Waals surface area contributed by atoms with Crippen molar-refractivity contribution < 1.29 is 9.59 Å². The third-order valence-corrected chi connectivity index (χ3v) is 4.23. The molecule has 1 heterocycles. The van der Waals surface area contributed by atoms with Gasteiger partial charge in [0.2, 0.25) is 11.8 Å². The SMILES string of the molecule is CN(C)CCNC(=O)CC(=O)N1CCN(c2cccc(Cl)c2)CC1. The number of halogens is 1. The van der Waals surface area contributed by atoms with E-state index in [-0.39, 0.29) is 18.2 Å². The first-order valence-electron chi connectivity index (χ1n) is 8.15. The molecule has 0 aromatic heterocycles. The summed E-state index contributed by atoms with van der Waals surface area (Å²) < 4.78 is 0. The Morgan fingerprint density at radius 3 is 2.54 bits per heavy atom. The minimum absolute atomic E-state index is 0.0788. The Morgan fingerprint density at radius 1 is 1.21 bits per heavy atom. The quantitative estimate of drug-likeness (QED) is 0.778. The minimum Gasteiger partial charge on any atom is -0.368 e. The number of hydrogen-bond acceptors (Lipinski definition) is 4. The predicted molar refractivity (Wildman–Crippen MR) is 96.4 cm³/mol. The highest BCUT2D eigenvalue weighted by molar-refractivity contribution is 6.30. The van der Waals surface area contributed by atoms with E-state index in [0.717, 1.165) is 25.3 Å². The highest BCUT2D eigenvalue weighted by Gasteiger charge is 2.22. The smallest absolute Gasteiger partial charge is 0.232 e. The number of carbonyl (C=O) groups is 2. The van der Waals surface area contributed by atoms with Crippen LogP contribution in [0, 0.1) is 0 Å². The molecule has 132 valence electrons. The van der Waals surface area contributed by atoms with Crippen molar-refractivity contribution in [2.24, 2.45) is 0 Å². The van der Waals surface area contributed by atoms with Gasteiger partial charge in [-0.15, -0.1) is 0 Å². The lowest BCUT2D eigenvalue weighted by Crippen LogP contribution is -2.49. The second kappa shape index (κ2) is 8.89. The van der Waals surface area contributed by atoms with Crippen LogP contribution in [0.3, 0.4) is 0 Å². The average molecular weight is 353 g/mol. The van der Waals surface area contributed by atoms with Crippen molar-refractivity contribution in [2.75, 3.05) is 58.3 Å². The fourth-order valence-electron chi connectivity index (χ4n) is 2.62. The molecule has 2 amide bonds. The maximum Gasteiger partial charge on any atom is 0.232 e. The number of hydrogen-bond donors (Lipinski definition) is 1. The Bertz CT molecular complexity index is 571. The molecule has 6 nitrogen and oxygen atoms in total. The molecule has 0 spiro atoms. The van der Waals surface area contributed by atoms with Crippen LogP contribution < -0.4 is 10.2 Å². The van der Waals surface area contributed by atoms with E-state index in [1.165, 1.54) is 0 Å². The number of benzene rings is 1. The first-order valence-corrected chi connectivity index (χ1v) is 8.53. The number of nitrogens with zero attached hydrogens (tertiary/aromatic N) is 3. The van der Waals surface area contributed by atoms with Crippen molar-refractivity contribution in [3.8, 4) is 0 Å². The number of nitrogens with one attached hydrogen (secondary N) is 1. The van der Waals surface area contributed by atoms with Gasteiger partial charge in [0.15, 0.2) is 0 Å². The second-order valence-corrected chi connectivity index (χ2v) is 6.61. The normalized spacial score (nSPS) is 14.8. The first-order chi connectivity index (χ1) is 11.5. The molecule has 0 unspecified atom stereocenters. The summed E-state index contributed by atoms with van der Waals surface area (Å²) in [6.07, 6.45) is -0.0788. The van der Waals surface area contributed by atoms with Crippen LogP contribution in [-0.2, 0) is 9.59 Å². The predicted octanol–water partition coefficient (Wildman–Crippen LogP) is 1.06. The highest BCUT2D eigenvalue weighted by atomic mass is 35.5. The van der Waals surface area contributed by atoms with Crippen LogP contribution in [0.5, 0.6) is 0 Å². The van der Waals surface area contributed by atoms with E-state index in [0.29, 0.717) is 24.7 Å². The fraction of sp³-hybridized carbons (Fsp3) is 0.529. The summed E-state index contributed by atoms with van der Waals surface area (Å²) >= 11 is 6.02. The van der Waals surface area contributed by atoms with Gasteiger partial charge in [0.1, 0.15) is 6.42 Å². The number of likely N-dealkylation sites (N-methyl/N-ethyl adjacent to an activating group) is 1. The lowest BCUT2D eigenvalue weighted by molar-refractivity contribution is -0.136. The third kappa shape index (κ3) is 5.69. The monoisotopic (exact) mass is 352 g/mol. The van der Waals surface area contributed by atoms with Gasteiger partial charge in [-0.05, 0) is 32.3 Å².